The number of carbonyl (C=O) groups excluding carboxylic acids is 2. The zero-order valence-corrected chi connectivity index (χ0v) is 30.6. The Balaban J connectivity index is 0.000000949. The van der Waals surface area contributed by atoms with Gasteiger partial charge in [-0.2, -0.15) is 0 Å². The third kappa shape index (κ3) is 32.4. The molecule has 0 unspecified atom stereocenters. The summed E-state index contributed by atoms with van der Waals surface area (Å²) in [4.78, 5) is 41.4. The molecular weight excluding hydrogens is 614 g/mol. The first-order valence-electron chi connectivity index (χ1n) is 18.5. The van der Waals surface area contributed by atoms with Crippen molar-refractivity contribution in [3.63, 3.8) is 0 Å². The fourth-order valence-electron chi connectivity index (χ4n) is 4.63. The van der Waals surface area contributed by atoms with Gasteiger partial charge in [0.2, 0.25) is 5.91 Å². The number of carboxylic acid groups (broad SMARTS) is 1. The molecule has 3 N–H and O–H groups in total. The van der Waals surface area contributed by atoms with Crippen LogP contribution in [0, 0.1) is 0 Å². The quantitative estimate of drug-likeness (QED) is 0.0460. The van der Waals surface area contributed by atoms with Crippen LogP contribution in [0.1, 0.15) is 136 Å². The molecule has 1 aromatic rings. The molecule has 0 radical (unpaired) electrons. The van der Waals surface area contributed by atoms with E-state index in [-0.39, 0.29) is 12.3 Å². The SMILES string of the molecule is C/C=C/C/C=C\C/C=C/C/C=C/C/C=C/C/C=C/CCC(=O)O.CCCCCCCCCCCC(=O)N[C@@H](Cc1cnc[nH]1)C(=O)OCC. The van der Waals surface area contributed by atoms with Crippen LogP contribution in [0.25, 0.3) is 0 Å². The predicted octanol–water partition coefficient (Wildman–Crippen LogP) is 10.1. The first-order valence-corrected chi connectivity index (χ1v) is 18.5. The molecule has 1 heterocycles. The lowest BCUT2D eigenvalue weighted by atomic mass is 10.1. The lowest BCUT2D eigenvalue weighted by molar-refractivity contribution is -0.147. The molecule has 49 heavy (non-hydrogen) atoms. The maximum absolute atomic E-state index is 12.2. The summed E-state index contributed by atoms with van der Waals surface area (Å²) in [5, 5.41) is 11.3. The summed E-state index contributed by atoms with van der Waals surface area (Å²) in [5.74, 6) is -1.23. The standard InChI is InChI=1S/C21H30O2.C20H35N3O3/c1-2-3-4-5-6-7-8-9-10-11-12-13-14-15-16-17-18-19-20-21(22)23;1-3-5-6-7-8-9-10-11-12-13-19(24)23-18(20(25)26-4-2)14-17-15-21-16-22-17/h2-3,5-6,8-9,11-12,14-15,17-18H,4,7,10,13,16,19-20H2,1H3,(H,22,23);15-16,18H,3-14H2,1-2H3,(H,21,22)(H,23,24)/b3-2+,6-5-,9-8+,12-11+,15-14+,18-17+;/t;18-/m.0/s1. The summed E-state index contributed by atoms with van der Waals surface area (Å²) >= 11 is 0. The van der Waals surface area contributed by atoms with Crippen LogP contribution in [0.3, 0.4) is 0 Å². The second-order valence-electron chi connectivity index (χ2n) is 11.8. The number of H-pyrrole nitrogens is 1. The lowest BCUT2D eigenvalue weighted by Gasteiger charge is -2.16. The van der Waals surface area contributed by atoms with Crippen molar-refractivity contribution in [1.29, 1.82) is 0 Å². The van der Waals surface area contributed by atoms with Crippen molar-refractivity contribution in [2.24, 2.45) is 0 Å². The molecular formula is C41H65N3O5. The maximum atomic E-state index is 12.2. The topological polar surface area (TPSA) is 121 Å². The van der Waals surface area contributed by atoms with E-state index < -0.39 is 18.0 Å². The van der Waals surface area contributed by atoms with Crippen molar-refractivity contribution in [2.45, 2.75) is 142 Å². The number of amides is 1. The van der Waals surface area contributed by atoms with Gasteiger partial charge in [-0.15, -0.1) is 0 Å². The Morgan fingerprint density at radius 2 is 1.27 bits per heavy atom. The van der Waals surface area contributed by atoms with Gasteiger partial charge in [0.1, 0.15) is 6.04 Å². The molecule has 0 aliphatic rings. The summed E-state index contributed by atoms with van der Waals surface area (Å²) < 4.78 is 5.06. The number of carbonyl (C=O) groups is 3. The minimum atomic E-state index is -0.742. The number of nitrogens with zero attached hydrogens (tertiary/aromatic N) is 1. The first kappa shape index (κ1) is 45.1. The lowest BCUT2D eigenvalue weighted by Crippen LogP contribution is -2.43. The molecule has 0 aliphatic heterocycles. The Hall–Kier alpha value is -3.94. The fourth-order valence-corrected chi connectivity index (χ4v) is 4.63. The van der Waals surface area contributed by atoms with E-state index in [1.807, 2.05) is 19.1 Å². The summed E-state index contributed by atoms with van der Waals surface area (Å²) in [6.07, 6.45) is 46.0. The Labute approximate surface area is 297 Å². The van der Waals surface area contributed by atoms with Crippen LogP contribution in [0.2, 0.25) is 0 Å². The second kappa shape index (κ2) is 35.4. The minimum Gasteiger partial charge on any atom is -0.481 e. The number of aliphatic carboxylic acids is 1. The molecule has 8 heteroatoms. The van der Waals surface area contributed by atoms with Gasteiger partial charge < -0.3 is 20.1 Å². The van der Waals surface area contributed by atoms with E-state index in [0.717, 1.165) is 50.6 Å². The number of imidazole rings is 1. The Kier molecular flexibility index (Phi) is 32.5. The molecule has 0 aromatic carbocycles. The first-order chi connectivity index (χ1) is 23.9. The molecule has 274 valence electrons. The number of nitrogens with one attached hydrogen (secondary N) is 2. The average Bonchev–Trinajstić information content (AvgIpc) is 3.60. The molecule has 0 spiro atoms. The molecule has 0 aliphatic carbocycles. The van der Waals surface area contributed by atoms with Crippen LogP contribution in [0.5, 0.6) is 0 Å². The largest absolute Gasteiger partial charge is 0.481 e. The monoisotopic (exact) mass is 679 g/mol. The molecule has 1 amide bonds. The van der Waals surface area contributed by atoms with Crippen LogP contribution in [-0.2, 0) is 25.5 Å². The molecule has 0 saturated carbocycles. The smallest absolute Gasteiger partial charge is 0.329 e. The van der Waals surface area contributed by atoms with Crippen LogP contribution >= 0.6 is 0 Å². The minimum absolute atomic E-state index is 0.0921. The molecule has 1 aromatic heterocycles. The molecule has 1 rings (SSSR count). The van der Waals surface area contributed by atoms with Crippen molar-refractivity contribution in [3.05, 3.63) is 91.1 Å². The normalized spacial score (nSPS) is 12.5. The number of aromatic nitrogens is 2. The van der Waals surface area contributed by atoms with Gasteiger partial charge in [-0.3, -0.25) is 9.59 Å². The van der Waals surface area contributed by atoms with Crippen LogP contribution in [0.4, 0.5) is 0 Å². The van der Waals surface area contributed by atoms with E-state index in [2.05, 4.69) is 83.0 Å². The number of carboxylic acids is 1. The van der Waals surface area contributed by atoms with E-state index in [1.54, 1.807) is 19.4 Å². The highest BCUT2D eigenvalue weighted by Crippen LogP contribution is 2.11. The summed E-state index contributed by atoms with van der Waals surface area (Å²) in [6, 6.07) is -0.665. The summed E-state index contributed by atoms with van der Waals surface area (Å²) in [6.45, 7) is 6.32. The zero-order valence-electron chi connectivity index (χ0n) is 30.6. The zero-order chi connectivity index (χ0) is 36.0. The number of unbranched alkanes of at least 4 members (excludes halogenated alkanes) is 8. The van der Waals surface area contributed by atoms with E-state index >= 15 is 0 Å². The van der Waals surface area contributed by atoms with Crippen molar-refractivity contribution < 1.29 is 24.2 Å². The number of allylic oxidation sites excluding steroid dienone is 12. The van der Waals surface area contributed by atoms with E-state index in [1.165, 1.54) is 44.9 Å². The molecule has 0 bridgehead atoms. The summed E-state index contributed by atoms with van der Waals surface area (Å²) in [7, 11) is 0. The number of rotatable bonds is 28. The van der Waals surface area contributed by atoms with Gasteiger partial charge in [-0.25, -0.2) is 9.78 Å². The predicted molar refractivity (Wildman–Crippen MR) is 203 cm³/mol. The second-order valence-corrected chi connectivity index (χ2v) is 11.8. The third-order valence-electron chi connectivity index (χ3n) is 7.35. The Morgan fingerprint density at radius 3 is 1.73 bits per heavy atom. The molecule has 8 nitrogen and oxygen atoms in total. The highest BCUT2D eigenvalue weighted by atomic mass is 16.5. The summed E-state index contributed by atoms with van der Waals surface area (Å²) in [5.41, 5.74) is 0.798. The number of ether oxygens (including phenoxy) is 1. The number of hydrogen-bond acceptors (Lipinski definition) is 5. The van der Waals surface area contributed by atoms with Crippen LogP contribution in [0.15, 0.2) is 85.4 Å². The Bertz CT molecular complexity index is 1120. The van der Waals surface area contributed by atoms with Crippen LogP contribution in [-0.4, -0.2) is 45.6 Å². The van der Waals surface area contributed by atoms with Gasteiger partial charge in [-0.05, 0) is 58.8 Å². The van der Waals surface area contributed by atoms with Crippen LogP contribution < -0.4 is 5.32 Å². The van der Waals surface area contributed by atoms with E-state index in [0.29, 0.717) is 25.9 Å². The van der Waals surface area contributed by atoms with Crippen molar-refractivity contribution >= 4 is 17.8 Å². The van der Waals surface area contributed by atoms with Crippen molar-refractivity contribution in [1.82, 2.24) is 15.3 Å². The van der Waals surface area contributed by atoms with Gasteiger partial charge in [0, 0.05) is 31.2 Å². The van der Waals surface area contributed by atoms with Gasteiger partial charge in [0.25, 0.3) is 0 Å². The molecule has 0 saturated heterocycles. The van der Waals surface area contributed by atoms with Gasteiger partial charge in [0.15, 0.2) is 0 Å². The Morgan fingerprint density at radius 1 is 0.755 bits per heavy atom. The van der Waals surface area contributed by atoms with Gasteiger partial charge in [0.05, 0.1) is 12.9 Å². The van der Waals surface area contributed by atoms with E-state index in [4.69, 9.17) is 9.84 Å². The average molecular weight is 680 g/mol. The van der Waals surface area contributed by atoms with Crippen molar-refractivity contribution in [2.75, 3.05) is 6.61 Å². The molecule has 0 fully saturated rings. The number of aromatic amines is 1. The van der Waals surface area contributed by atoms with Gasteiger partial charge in [-0.1, -0.05) is 131 Å². The highest BCUT2D eigenvalue weighted by molar-refractivity contribution is 5.84. The number of hydrogen-bond donors (Lipinski definition) is 3. The fraction of sp³-hybridized carbons (Fsp3) is 0.561. The molecule has 1 atom stereocenters. The maximum Gasteiger partial charge on any atom is 0.329 e. The van der Waals surface area contributed by atoms with Crippen molar-refractivity contribution in [3.8, 4) is 0 Å². The third-order valence-corrected chi connectivity index (χ3v) is 7.35. The number of esters is 1. The van der Waals surface area contributed by atoms with E-state index in [9.17, 15) is 14.4 Å². The highest BCUT2D eigenvalue weighted by Gasteiger charge is 2.22. The van der Waals surface area contributed by atoms with Gasteiger partial charge >= 0.3 is 11.9 Å².